The molecule has 0 fully saturated rings. The van der Waals surface area contributed by atoms with E-state index in [-0.39, 0.29) is 17.8 Å². The molecule has 0 aliphatic heterocycles. The lowest BCUT2D eigenvalue weighted by Crippen LogP contribution is -2.17. The van der Waals surface area contributed by atoms with Gasteiger partial charge in [0.1, 0.15) is 5.69 Å². The zero-order valence-corrected chi connectivity index (χ0v) is 8.17. The van der Waals surface area contributed by atoms with Crippen LogP contribution < -0.4 is 4.74 Å². The van der Waals surface area contributed by atoms with Gasteiger partial charge in [0, 0.05) is 11.8 Å². The number of aryl methyl sites for hydroxylation is 1. The maximum atomic E-state index is 12.0. The van der Waals surface area contributed by atoms with Crippen LogP contribution in [0.5, 0.6) is 11.5 Å². The second-order valence-electron chi connectivity index (χ2n) is 2.94. The van der Waals surface area contributed by atoms with Gasteiger partial charge in [-0.15, -0.1) is 13.2 Å². The molecule has 1 aromatic rings. The number of ether oxygens (including phenoxy) is 1. The molecule has 0 amide bonds. The highest BCUT2D eigenvalue weighted by Gasteiger charge is 2.33. The van der Waals surface area contributed by atoms with E-state index in [2.05, 4.69) is 9.72 Å². The summed E-state index contributed by atoms with van der Waals surface area (Å²) in [5.74, 6) is -1.50. The average Bonchev–Trinajstić information content (AvgIpc) is 2.11. The van der Waals surface area contributed by atoms with Gasteiger partial charge in [0.15, 0.2) is 11.5 Å². The summed E-state index contributed by atoms with van der Waals surface area (Å²) in [4.78, 5) is 3.73. The molecule has 86 valence electrons. The summed E-state index contributed by atoms with van der Waals surface area (Å²) >= 11 is 0. The Labute approximate surface area is 88.9 Å². The van der Waals surface area contributed by atoms with Crippen LogP contribution in [0.4, 0.5) is 13.2 Å². The topological polar surface area (TPSA) is 66.1 Å². The number of pyridine rings is 1. The number of nitriles is 1. The summed E-state index contributed by atoms with van der Waals surface area (Å²) in [6, 6.07) is 2.63. The van der Waals surface area contributed by atoms with Crippen LogP contribution in [0.1, 0.15) is 11.4 Å². The van der Waals surface area contributed by atoms with Crippen molar-refractivity contribution in [3.8, 4) is 17.6 Å². The van der Waals surface area contributed by atoms with Crippen LogP contribution in [-0.2, 0) is 6.42 Å². The highest BCUT2D eigenvalue weighted by atomic mass is 19.4. The van der Waals surface area contributed by atoms with Crippen LogP contribution in [0, 0.1) is 18.3 Å². The molecule has 0 spiro atoms. The third-order valence-corrected chi connectivity index (χ3v) is 1.63. The number of nitrogens with zero attached hydrogens (tertiary/aromatic N) is 2. The van der Waals surface area contributed by atoms with Gasteiger partial charge in [-0.05, 0) is 6.92 Å². The van der Waals surface area contributed by atoms with E-state index >= 15 is 0 Å². The van der Waals surface area contributed by atoms with Crippen molar-refractivity contribution in [2.45, 2.75) is 19.7 Å². The molecule has 0 aliphatic rings. The first-order valence-electron chi connectivity index (χ1n) is 4.15. The van der Waals surface area contributed by atoms with Crippen LogP contribution >= 0.6 is 0 Å². The summed E-state index contributed by atoms with van der Waals surface area (Å²) in [5.41, 5.74) is 0.0871. The van der Waals surface area contributed by atoms with E-state index in [9.17, 15) is 18.3 Å². The summed E-state index contributed by atoms with van der Waals surface area (Å²) in [6.45, 7) is 1.43. The van der Waals surface area contributed by atoms with Gasteiger partial charge in [-0.3, -0.25) is 4.98 Å². The molecular formula is C9H7F3N2O2. The molecule has 1 N–H and O–H groups in total. The average molecular weight is 232 g/mol. The van der Waals surface area contributed by atoms with Crippen molar-refractivity contribution in [2.24, 2.45) is 0 Å². The van der Waals surface area contributed by atoms with E-state index in [1.165, 1.54) is 6.92 Å². The maximum Gasteiger partial charge on any atom is 0.573 e. The zero-order valence-electron chi connectivity index (χ0n) is 8.17. The van der Waals surface area contributed by atoms with Crippen LogP contribution in [-0.4, -0.2) is 16.5 Å². The van der Waals surface area contributed by atoms with Crippen molar-refractivity contribution in [3.63, 3.8) is 0 Å². The van der Waals surface area contributed by atoms with Crippen molar-refractivity contribution in [1.29, 1.82) is 5.26 Å². The van der Waals surface area contributed by atoms with E-state index in [0.717, 1.165) is 6.07 Å². The van der Waals surface area contributed by atoms with Crippen LogP contribution in [0.15, 0.2) is 6.07 Å². The van der Waals surface area contributed by atoms with Gasteiger partial charge in [0.2, 0.25) is 0 Å². The molecule has 0 saturated heterocycles. The summed E-state index contributed by atoms with van der Waals surface area (Å²) in [5, 5.41) is 17.8. The van der Waals surface area contributed by atoms with Gasteiger partial charge < -0.3 is 9.84 Å². The number of hydrogen-bond acceptors (Lipinski definition) is 4. The first kappa shape index (κ1) is 12.1. The second-order valence-corrected chi connectivity index (χ2v) is 2.94. The molecule has 16 heavy (non-hydrogen) atoms. The minimum Gasteiger partial charge on any atom is -0.503 e. The highest BCUT2D eigenvalue weighted by molar-refractivity contribution is 5.44. The number of aromatic nitrogens is 1. The molecule has 0 atom stereocenters. The van der Waals surface area contributed by atoms with E-state index in [0.29, 0.717) is 0 Å². The molecule has 0 bridgehead atoms. The standard InChI is InChI=1S/C9H7F3N2O2/c1-5-4-7(16-9(10,11)12)8(15)6(14-5)2-3-13/h4,15H,2H2,1H3. The lowest BCUT2D eigenvalue weighted by Gasteiger charge is -2.12. The van der Waals surface area contributed by atoms with Crippen LogP contribution in [0.3, 0.4) is 0 Å². The van der Waals surface area contributed by atoms with Gasteiger partial charge in [-0.25, -0.2) is 0 Å². The minimum absolute atomic E-state index is 0.137. The third kappa shape index (κ3) is 3.02. The molecule has 1 rings (SSSR count). The Bertz CT molecular complexity index is 438. The Hall–Kier alpha value is -1.97. The van der Waals surface area contributed by atoms with Crippen molar-refractivity contribution in [3.05, 3.63) is 17.5 Å². The summed E-state index contributed by atoms with van der Waals surface area (Å²) < 4.78 is 39.5. The van der Waals surface area contributed by atoms with Crippen molar-refractivity contribution < 1.29 is 23.0 Å². The first-order chi connectivity index (χ1) is 7.33. The Balaban J connectivity index is 3.15. The van der Waals surface area contributed by atoms with Gasteiger partial charge >= 0.3 is 6.36 Å². The van der Waals surface area contributed by atoms with Crippen LogP contribution in [0.2, 0.25) is 0 Å². The molecule has 1 heterocycles. The maximum absolute atomic E-state index is 12.0. The highest BCUT2D eigenvalue weighted by Crippen LogP contribution is 2.33. The predicted molar refractivity (Wildman–Crippen MR) is 46.6 cm³/mol. The molecular weight excluding hydrogens is 225 g/mol. The second kappa shape index (κ2) is 4.26. The van der Waals surface area contributed by atoms with Crippen molar-refractivity contribution >= 4 is 0 Å². The molecule has 7 heteroatoms. The zero-order chi connectivity index (χ0) is 12.3. The molecule has 0 radical (unpaired) electrons. The van der Waals surface area contributed by atoms with E-state index in [1.807, 2.05) is 0 Å². The molecule has 1 aromatic heterocycles. The Morgan fingerprint density at radius 1 is 1.56 bits per heavy atom. The number of aromatic hydroxyl groups is 1. The fourth-order valence-electron chi connectivity index (χ4n) is 1.10. The molecule has 0 unspecified atom stereocenters. The molecule has 4 nitrogen and oxygen atoms in total. The van der Waals surface area contributed by atoms with Gasteiger partial charge in [-0.1, -0.05) is 0 Å². The largest absolute Gasteiger partial charge is 0.573 e. The third-order valence-electron chi connectivity index (χ3n) is 1.63. The lowest BCUT2D eigenvalue weighted by atomic mass is 10.2. The van der Waals surface area contributed by atoms with Gasteiger partial charge in [0.05, 0.1) is 12.5 Å². The quantitative estimate of drug-likeness (QED) is 0.847. The molecule has 0 aromatic carbocycles. The predicted octanol–water partition coefficient (Wildman–Crippen LogP) is 2.06. The smallest absolute Gasteiger partial charge is 0.503 e. The lowest BCUT2D eigenvalue weighted by molar-refractivity contribution is -0.275. The Morgan fingerprint density at radius 2 is 2.19 bits per heavy atom. The number of halogens is 3. The normalized spacial score (nSPS) is 10.9. The molecule has 0 aliphatic carbocycles. The van der Waals surface area contributed by atoms with Crippen LogP contribution in [0.25, 0.3) is 0 Å². The number of hydrogen-bond donors (Lipinski definition) is 1. The van der Waals surface area contributed by atoms with Crippen molar-refractivity contribution in [2.75, 3.05) is 0 Å². The van der Waals surface area contributed by atoms with E-state index in [4.69, 9.17) is 5.26 Å². The first-order valence-corrected chi connectivity index (χ1v) is 4.15. The Morgan fingerprint density at radius 3 is 2.69 bits per heavy atom. The van der Waals surface area contributed by atoms with E-state index in [1.54, 1.807) is 6.07 Å². The number of rotatable bonds is 2. The van der Waals surface area contributed by atoms with Crippen molar-refractivity contribution in [1.82, 2.24) is 4.98 Å². The summed E-state index contributed by atoms with van der Waals surface area (Å²) in [7, 11) is 0. The minimum atomic E-state index is -4.89. The van der Waals surface area contributed by atoms with Gasteiger partial charge in [0.25, 0.3) is 0 Å². The monoisotopic (exact) mass is 232 g/mol. The fourth-order valence-corrected chi connectivity index (χ4v) is 1.10. The molecule has 0 saturated carbocycles. The van der Waals surface area contributed by atoms with Gasteiger partial charge in [-0.2, -0.15) is 5.26 Å². The Kier molecular flexibility index (Phi) is 3.22. The summed E-state index contributed by atoms with van der Waals surface area (Å²) in [6.07, 6.45) is -5.18. The SMILES string of the molecule is Cc1cc(OC(F)(F)F)c(O)c(CC#N)n1. The number of alkyl halides is 3. The van der Waals surface area contributed by atoms with E-state index < -0.39 is 17.9 Å². The fraction of sp³-hybridized carbons (Fsp3) is 0.333.